The molecule has 5 bridgehead atoms. The van der Waals surface area contributed by atoms with E-state index in [-0.39, 0.29) is 50.4 Å². The number of amides is 3. The van der Waals surface area contributed by atoms with Crippen LogP contribution >= 0.6 is 0 Å². The van der Waals surface area contributed by atoms with Crippen LogP contribution in [0.25, 0.3) is 0 Å². The highest BCUT2D eigenvalue weighted by Crippen LogP contribution is 2.56. The molecule has 0 aromatic heterocycles. The number of ether oxygens (including phenoxy) is 2. The number of allylic oxidation sites excluding steroid dienone is 1. The number of nitrogens with zero attached hydrogens (tertiary/aromatic N) is 2. The zero-order chi connectivity index (χ0) is 30.1. The second kappa shape index (κ2) is 12.0. The summed E-state index contributed by atoms with van der Waals surface area (Å²) in [4.78, 5) is 58.5. The van der Waals surface area contributed by atoms with E-state index >= 15 is 0 Å². The third-order valence-corrected chi connectivity index (χ3v) is 8.67. The van der Waals surface area contributed by atoms with Crippen LogP contribution in [-0.4, -0.2) is 88.1 Å². The van der Waals surface area contributed by atoms with Gasteiger partial charge >= 0.3 is 5.97 Å². The highest BCUT2D eigenvalue weighted by atomic mass is 16.6. The highest BCUT2D eigenvalue weighted by molar-refractivity contribution is 5.99. The number of aliphatic hydroxyl groups excluding tert-OH is 1. The Morgan fingerprint density at radius 2 is 1.81 bits per heavy atom. The van der Waals surface area contributed by atoms with Crippen LogP contribution in [0.2, 0.25) is 0 Å². The number of rotatable bonds is 5. The summed E-state index contributed by atoms with van der Waals surface area (Å²) in [6, 6.07) is 8.20. The van der Waals surface area contributed by atoms with Gasteiger partial charge in [0.25, 0.3) is 0 Å². The molecule has 1 aromatic carbocycles. The van der Waals surface area contributed by atoms with Crippen molar-refractivity contribution >= 4 is 23.7 Å². The summed E-state index contributed by atoms with van der Waals surface area (Å²) in [5.41, 5.74) is -1.17. The van der Waals surface area contributed by atoms with Crippen LogP contribution in [0, 0.1) is 11.8 Å². The molecule has 2 N–H and O–H groups in total. The van der Waals surface area contributed by atoms with Crippen LogP contribution < -0.4 is 5.32 Å². The van der Waals surface area contributed by atoms with E-state index in [1.165, 1.54) is 0 Å². The smallest absolute Gasteiger partial charge is 0.313 e. The number of cyclic esters (lactones) is 1. The number of carbonyl (C=O) groups excluding carboxylic acids is 4. The Kier molecular flexibility index (Phi) is 8.57. The molecule has 4 aliphatic heterocycles. The van der Waals surface area contributed by atoms with Gasteiger partial charge in [0.15, 0.2) is 0 Å². The standard InChI is InChI=1S/C32H41N3O7/c1-31(2,3)35-18-9-5-8-14-24(37)33-20-23(21-12-6-4-7-13-21)41-30(40)25-22-15-16-32(42-22)26(25)28(38)34(17-10-11-19-36)27(32)29(35)39/h4-7,9,12-13,15-16,22-23,25-27,36H,8,10-11,14,17-20H2,1-3H3,(H,33,37)/b9-5-/t22-,23-,25+,26+,27-,32+/m1/s1. The van der Waals surface area contributed by atoms with E-state index in [0.717, 1.165) is 5.56 Å². The van der Waals surface area contributed by atoms with Crippen LogP contribution in [0.5, 0.6) is 0 Å². The summed E-state index contributed by atoms with van der Waals surface area (Å²) >= 11 is 0. The van der Waals surface area contributed by atoms with Gasteiger partial charge in [0.1, 0.15) is 23.7 Å². The first kappa shape index (κ1) is 30.0. The van der Waals surface area contributed by atoms with Gasteiger partial charge in [-0.3, -0.25) is 19.2 Å². The molecule has 10 nitrogen and oxygen atoms in total. The average Bonchev–Trinajstić information content (AvgIpc) is 3.59. The Hall–Kier alpha value is -3.50. The van der Waals surface area contributed by atoms with Crippen LogP contribution in [0.3, 0.4) is 0 Å². The van der Waals surface area contributed by atoms with Gasteiger partial charge in [-0.05, 0) is 45.6 Å². The zero-order valence-electron chi connectivity index (χ0n) is 24.5. The molecule has 3 amide bonds. The van der Waals surface area contributed by atoms with E-state index in [4.69, 9.17) is 9.47 Å². The molecule has 1 spiro atoms. The fourth-order valence-corrected chi connectivity index (χ4v) is 6.61. The number of carbonyl (C=O) groups is 4. The number of hydrogen-bond donors (Lipinski definition) is 2. The molecule has 2 fully saturated rings. The van der Waals surface area contributed by atoms with Crippen molar-refractivity contribution < 1.29 is 33.8 Å². The van der Waals surface area contributed by atoms with E-state index in [0.29, 0.717) is 19.3 Å². The first-order valence-corrected chi connectivity index (χ1v) is 14.9. The van der Waals surface area contributed by atoms with Crippen LogP contribution in [0.1, 0.15) is 58.1 Å². The molecular formula is C32H41N3O7. The minimum absolute atomic E-state index is 0.0288. The molecule has 0 unspecified atom stereocenters. The van der Waals surface area contributed by atoms with Crippen molar-refractivity contribution in [3.8, 4) is 0 Å². The number of benzene rings is 1. The third kappa shape index (κ3) is 5.49. The number of aliphatic hydroxyl groups is 1. The lowest BCUT2D eigenvalue weighted by Gasteiger charge is -2.41. The van der Waals surface area contributed by atoms with E-state index < -0.39 is 47.2 Å². The predicted octanol–water partition coefficient (Wildman–Crippen LogP) is 2.29. The second-order valence-electron chi connectivity index (χ2n) is 12.4. The molecule has 0 radical (unpaired) electrons. The molecule has 2 saturated heterocycles. The van der Waals surface area contributed by atoms with Gasteiger partial charge in [-0.15, -0.1) is 0 Å². The van der Waals surface area contributed by atoms with Gasteiger partial charge in [-0.25, -0.2) is 0 Å². The number of nitrogens with one attached hydrogen (secondary N) is 1. The van der Waals surface area contributed by atoms with Crippen molar-refractivity contribution in [3.05, 3.63) is 60.2 Å². The van der Waals surface area contributed by atoms with Crippen molar-refractivity contribution in [1.82, 2.24) is 15.1 Å². The van der Waals surface area contributed by atoms with Gasteiger partial charge in [0, 0.05) is 31.7 Å². The molecule has 226 valence electrons. The fraction of sp³-hybridized carbons (Fsp3) is 0.562. The summed E-state index contributed by atoms with van der Waals surface area (Å²) < 4.78 is 12.5. The lowest BCUT2D eigenvalue weighted by atomic mass is 9.74. The number of unbranched alkanes of at least 4 members (excludes halogenated alkanes) is 1. The van der Waals surface area contributed by atoms with Gasteiger partial charge in [-0.2, -0.15) is 0 Å². The van der Waals surface area contributed by atoms with Crippen molar-refractivity contribution in [3.63, 3.8) is 0 Å². The first-order valence-electron chi connectivity index (χ1n) is 14.9. The molecule has 42 heavy (non-hydrogen) atoms. The normalized spacial score (nSPS) is 32.6. The fourth-order valence-electron chi connectivity index (χ4n) is 6.61. The third-order valence-electron chi connectivity index (χ3n) is 8.67. The van der Waals surface area contributed by atoms with E-state index in [2.05, 4.69) is 5.32 Å². The SMILES string of the molecule is CC(C)(C)N1C/C=C\CCC(=O)NC[C@H](c2ccccc2)OC(=O)[C@@H]2[C@H]3C(=O)N(CCCCO)[C@H](C1=O)[C@]31C=C[C@H]2O1. The minimum Gasteiger partial charge on any atom is -0.455 e. The molecule has 10 heteroatoms. The number of esters is 1. The lowest BCUT2D eigenvalue weighted by molar-refractivity contribution is -0.160. The first-order chi connectivity index (χ1) is 20.1. The summed E-state index contributed by atoms with van der Waals surface area (Å²) in [5.74, 6) is -3.24. The van der Waals surface area contributed by atoms with E-state index in [1.807, 2.05) is 63.3 Å². The Morgan fingerprint density at radius 3 is 2.52 bits per heavy atom. The monoisotopic (exact) mass is 579 g/mol. The van der Waals surface area contributed by atoms with Gasteiger partial charge in [-0.1, -0.05) is 54.6 Å². The maximum atomic E-state index is 14.5. The Bertz CT molecular complexity index is 1260. The van der Waals surface area contributed by atoms with Gasteiger partial charge < -0.3 is 29.7 Å². The van der Waals surface area contributed by atoms with Crippen molar-refractivity contribution in [1.29, 1.82) is 0 Å². The van der Waals surface area contributed by atoms with Crippen LogP contribution in [0.15, 0.2) is 54.6 Å². The Labute approximate surface area is 246 Å². The second-order valence-corrected chi connectivity index (χ2v) is 12.4. The quantitative estimate of drug-likeness (QED) is 0.312. The topological polar surface area (TPSA) is 125 Å². The summed E-state index contributed by atoms with van der Waals surface area (Å²) in [7, 11) is 0. The van der Waals surface area contributed by atoms with Gasteiger partial charge in [0.2, 0.25) is 17.7 Å². The molecule has 4 heterocycles. The Morgan fingerprint density at radius 1 is 1.05 bits per heavy atom. The van der Waals surface area contributed by atoms with Gasteiger partial charge in [0.05, 0.1) is 18.6 Å². The lowest BCUT2D eigenvalue weighted by Crippen LogP contribution is -2.59. The molecule has 5 rings (SSSR count). The minimum atomic E-state index is -1.31. The zero-order valence-corrected chi connectivity index (χ0v) is 24.5. The highest BCUT2D eigenvalue weighted by Gasteiger charge is 2.73. The summed E-state index contributed by atoms with van der Waals surface area (Å²) in [5, 5.41) is 12.3. The largest absolute Gasteiger partial charge is 0.455 e. The summed E-state index contributed by atoms with van der Waals surface area (Å²) in [6.07, 6.45) is 7.54. The van der Waals surface area contributed by atoms with Crippen LogP contribution in [0.4, 0.5) is 0 Å². The predicted molar refractivity (Wildman–Crippen MR) is 154 cm³/mol. The van der Waals surface area contributed by atoms with Crippen molar-refractivity contribution in [2.24, 2.45) is 11.8 Å². The van der Waals surface area contributed by atoms with E-state index in [1.54, 1.807) is 22.0 Å². The maximum Gasteiger partial charge on any atom is 0.313 e. The van der Waals surface area contributed by atoms with E-state index in [9.17, 15) is 24.3 Å². The summed E-state index contributed by atoms with van der Waals surface area (Å²) in [6.45, 7) is 6.40. The average molecular weight is 580 g/mol. The molecular weight excluding hydrogens is 538 g/mol. The molecule has 6 atom stereocenters. The number of hydrogen-bond acceptors (Lipinski definition) is 7. The molecule has 4 aliphatic rings. The van der Waals surface area contributed by atoms with Crippen molar-refractivity contribution in [2.45, 2.75) is 75.8 Å². The molecule has 0 aliphatic carbocycles. The Balaban J connectivity index is 1.56. The van der Waals surface area contributed by atoms with Crippen molar-refractivity contribution in [2.75, 3.05) is 26.2 Å². The van der Waals surface area contributed by atoms with Crippen LogP contribution in [-0.2, 0) is 28.7 Å². The maximum absolute atomic E-state index is 14.5. The molecule has 0 saturated carbocycles. The number of likely N-dealkylation sites (tertiary alicyclic amines) is 1. The molecule has 1 aromatic rings. The number of fused-ring (bicyclic) bond motifs is 2.